The maximum absolute atomic E-state index is 12.6. The molecule has 0 radical (unpaired) electrons. The van der Waals surface area contributed by atoms with Gasteiger partial charge in [0.2, 0.25) is 0 Å². The number of anilines is 2. The Morgan fingerprint density at radius 1 is 1.10 bits per heavy atom. The summed E-state index contributed by atoms with van der Waals surface area (Å²) >= 11 is 0. The molecule has 0 unspecified atom stereocenters. The zero-order valence-corrected chi connectivity index (χ0v) is 18.3. The predicted octanol–water partition coefficient (Wildman–Crippen LogP) is 3.48. The number of carbonyl (C=O) groups excluding carboxylic acids is 1. The van der Waals surface area contributed by atoms with E-state index in [1.807, 2.05) is 4.90 Å². The molecule has 0 saturated carbocycles. The fraction of sp³-hybridized carbons (Fsp3) is 0.458. The predicted molar refractivity (Wildman–Crippen MR) is 122 cm³/mol. The van der Waals surface area contributed by atoms with Crippen molar-refractivity contribution in [3.05, 3.63) is 53.2 Å². The number of nitrogen functional groups attached to an aromatic ring is 1. The maximum Gasteiger partial charge on any atom is 0.320 e. The lowest BCUT2D eigenvalue weighted by Crippen LogP contribution is -2.34. The highest BCUT2D eigenvalue weighted by Gasteiger charge is 2.31. The molecule has 2 aliphatic heterocycles. The fourth-order valence-electron chi connectivity index (χ4n) is 4.08. The zero-order chi connectivity index (χ0) is 21.8. The summed E-state index contributed by atoms with van der Waals surface area (Å²) in [5, 5.41) is 0. The molecule has 7 heteroatoms. The summed E-state index contributed by atoms with van der Waals surface area (Å²) in [6.45, 7) is 10.5. The molecular weight excluding hydrogens is 390 g/mol. The normalized spacial score (nSPS) is 16.6. The number of hydrogen-bond acceptors (Lipinski definition) is 7. The van der Waals surface area contributed by atoms with Gasteiger partial charge in [-0.1, -0.05) is 44.2 Å². The van der Waals surface area contributed by atoms with Crippen molar-refractivity contribution < 1.29 is 9.53 Å². The van der Waals surface area contributed by atoms with Crippen molar-refractivity contribution in [3.8, 4) is 6.01 Å². The molecule has 1 saturated heterocycles. The van der Waals surface area contributed by atoms with E-state index < -0.39 is 0 Å². The van der Waals surface area contributed by atoms with Crippen molar-refractivity contribution >= 4 is 17.4 Å². The smallest absolute Gasteiger partial charge is 0.320 e. The molecule has 4 rings (SSSR count). The van der Waals surface area contributed by atoms with E-state index in [1.165, 1.54) is 31.5 Å². The average molecular weight is 422 g/mol. The molecule has 31 heavy (non-hydrogen) atoms. The number of aromatic nitrogens is 2. The summed E-state index contributed by atoms with van der Waals surface area (Å²) in [5.74, 6) is 0.848. The van der Waals surface area contributed by atoms with Gasteiger partial charge in [-0.15, -0.1) is 0 Å². The van der Waals surface area contributed by atoms with Crippen molar-refractivity contribution in [3.63, 3.8) is 0 Å². The van der Waals surface area contributed by atoms with Crippen LogP contribution < -0.4 is 15.4 Å². The molecule has 1 aromatic heterocycles. The van der Waals surface area contributed by atoms with Gasteiger partial charge in [-0.2, -0.15) is 9.97 Å². The SMILES string of the molecule is C=C1C(=O)Cc2c(N)nc(OCCCC)nc2N1Cc1ccc(CN2CCCC2)cc1. The fourth-order valence-corrected chi connectivity index (χ4v) is 4.08. The first kappa shape index (κ1) is 21.3. The van der Waals surface area contributed by atoms with Crippen LogP contribution in [0.25, 0.3) is 0 Å². The lowest BCUT2D eigenvalue weighted by molar-refractivity contribution is -0.115. The molecule has 1 aromatic carbocycles. The second kappa shape index (κ2) is 9.47. The molecule has 0 atom stereocenters. The molecule has 2 aliphatic rings. The number of fused-ring (bicyclic) bond motifs is 1. The lowest BCUT2D eigenvalue weighted by Gasteiger charge is -2.31. The first-order valence-corrected chi connectivity index (χ1v) is 11.1. The third kappa shape index (κ3) is 4.88. The molecule has 0 spiro atoms. The van der Waals surface area contributed by atoms with E-state index in [9.17, 15) is 4.79 Å². The molecule has 0 aliphatic carbocycles. The van der Waals surface area contributed by atoms with Gasteiger partial charge in [-0.25, -0.2) is 0 Å². The van der Waals surface area contributed by atoms with Crippen LogP contribution in [0.5, 0.6) is 6.01 Å². The number of nitrogens with zero attached hydrogens (tertiary/aromatic N) is 4. The number of hydrogen-bond donors (Lipinski definition) is 1. The summed E-state index contributed by atoms with van der Waals surface area (Å²) in [4.78, 5) is 25.7. The van der Waals surface area contributed by atoms with Crippen LogP contribution >= 0.6 is 0 Å². The Morgan fingerprint density at radius 3 is 2.45 bits per heavy atom. The number of Topliss-reactive ketones (excluding diaryl/α,β-unsaturated/α-hetero) is 1. The number of likely N-dealkylation sites (tertiary alicyclic amines) is 1. The Labute approximate surface area is 183 Å². The van der Waals surface area contributed by atoms with Gasteiger partial charge in [-0.05, 0) is 43.5 Å². The second-order valence-corrected chi connectivity index (χ2v) is 8.33. The van der Waals surface area contributed by atoms with Crippen LogP contribution in [-0.4, -0.2) is 40.3 Å². The average Bonchev–Trinajstić information content (AvgIpc) is 3.27. The number of nitrogens with two attached hydrogens (primary N) is 1. The molecule has 3 heterocycles. The Bertz CT molecular complexity index is 951. The van der Waals surface area contributed by atoms with E-state index >= 15 is 0 Å². The Morgan fingerprint density at radius 2 is 1.77 bits per heavy atom. The summed E-state index contributed by atoms with van der Waals surface area (Å²) < 4.78 is 5.68. The standard InChI is InChI=1S/C24H31N5O2/c1-3-4-13-31-24-26-22(25)20-14-21(30)17(2)29(23(20)27-24)16-19-9-7-18(8-10-19)15-28-11-5-6-12-28/h7-10H,2-6,11-16H2,1H3,(H2,25,26,27). The van der Waals surface area contributed by atoms with Crippen LogP contribution in [0.1, 0.15) is 49.3 Å². The van der Waals surface area contributed by atoms with E-state index in [4.69, 9.17) is 10.5 Å². The summed E-state index contributed by atoms with van der Waals surface area (Å²) in [7, 11) is 0. The first-order chi connectivity index (χ1) is 15.0. The van der Waals surface area contributed by atoms with Gasteiger partial charge in [0.05, 0.1) is 12.3 Å². The van der Waals surface area contributed by atoms with Crippen LogP contribution in [0.3, 0.4) is 0 Å². The summed E-state index contributed by atoms with van der Waals surface area (Å²) in [5.41, 5.74) is 9.61. The highest BCUT2D eigenvalue weighted by Crippen LogP contribution is 2.34. The third-order valence-corrected chi connectivity index (χ3v) is 5.94. The van der Waals surface area contributed by atoms with Gasteiger partial charge < -0.3 is 15.4 Å². The summed E-state index contributed by atoms with van der Waals surface area (Å²) in [6.07, 6.45) is 4.68. The lowest BCUT2D eigenvalue weighted by atomic mass is 10.0. The minimum atomic E-state index is -0.0619. The number of allylic oxidation sites excluding steroid dienone is 1. The van der Waals surface area contributed by atoms with E-state index in [-0.39, 0.29) is 18.2 Å². The molecule has 2 aromatic rings. The van der Waals surface area contributed by atoms with Crippen LogP contribution in [-0.2, 0) is 24.3 Å². The Hall–Kier alpha value is -2.93. The molecule has 1 fully saturated rings. The molecular formula is C24H31N5O2. The molecule has 0 amide bonds. The molecule has 164 valence electrons. The quantitative estimate of drug-likeness (QED) is 0.516. The van der Waals surface area contributed by atoms with Crippen molar-refractivity contribution in [1.82, 2.24) is 14.9 Å². The van der Waals surface area contributed by atoms with Gasteiger partial charge in [0.25, 0.3) is 0 Å². The minimum Gasteiger partial charge on any atom is -0.463 e. The van der Waals surface area contributed by atoms with Gasteiger partial charge >= 0.3 is 6.01 Å². The van der Waals surface area contributed by atoms with E-state index in [2.05, 4.69) is 52.6 Å². The van der Waals surface area contributed by atoms with Crippen LogP contribution in [0.4, 0.5) is 11.6 Å². The number of unbranched alkanes of at least 4 members (excludes halogenated alkanes) is 1. The highest BCUT2D eigenvalue weighted by molar-refractivity contribution is 6.03. The van der Waals surface area contributed by atoms with Crippen LogP contribution in [0.15, 0.2) is 36.5 Å². The van der Waals surface area contributed by atoms with Crippen molar-refractivity contribution in [2.24, 2.45) is 0 Å². The number of ketones is 1. The highest BCUT2D eigenvalue weighted by atomic mass is 16.5. The molecule has 2 N–H and O–H groups in total. The van der Waals surface area contributed by atoms with Gasteiger partial charge in [-0.3, -0.25) is 9.69 Å². The Balaban J connectivity index is 1.54. The number of ether oxygens (including phenoxy) is 1. The minimum absolute atomic E-state index is 0.0619. The molecule has 7 nitrogen and oxygen atoms in total. The largest absolute Gasteiger partial charge is 0.463 e. The number of rotatable bonds is 8. The van der Waals surface area contributed by atoms with E-state index in [1.54, 1.807) is 0 Å². The third-order valence-electron chi connectivity index (χ3n) is 5.94. The second-order valence-electron chi connectivity index (χ2n) is 8.33. The van der Waals surface area contributed by atoms with Crippen LogP contribution in [0.2, 0.25) is 0 Å². The maximum atomic E-state index is 12.6. The van der Waals surface area contributed by atoms with Gasteiger partial charge in [0.1, 0.15) is 11.6 Å². The summed E-state index contributed by atoms with van der Waals surface area (Å²) in [6, 6.07) is 8.80. The zero-order valence-electron chi connectivity index (χ0n) is 18.3. The van der Waals surface area contributed by atoms with Gasteiger partial charge in [0.15, 0.2) is 5.78 Å². The van der Waals surface area contributed by atoms with Crippen molar-refractivity contribution in [2.75, 3.05) is 30.3 Å². The Kier molecular flexibility index (Phi) is 6.51. The van der Waals surface area contributed by atoms with Crippen molar-refractivity contribution in [2.45, 2.75) is 52.1 Å². The number of carbonyl (C=O) groups is 1. The van der Waals surface area contributed by atoms with Crippen molar-refractivity contribution in [1.29, 1.82) is 0 Å². The van der Waals surface area contributed by atoms with Gasteiger partial charge in [0, 0.05) is 25.1 Å². The van der Waals surface area contributed by atoms with E-state index in [0.29, 0.717) is 36.0 Å². The number of benzene rings is 1. The topological polar surface area (TPSA) is 84.6 Å². The first-order valence-electron chi connectivity index (χ1n) is 11.1. The van der Waals surface area contributed by atoms with E-state index in [0.717, 1.165) is 24.9 Å². The molecule has 0 bridgehead atoms. The van der Waals surface area contributed by atoms with Crippen LogP contribution in [0, 0.1) is 0 Å². The monoisotopic (exact) mass is 421 g/mol.